The van der Waals surface area contributed by atoms with E-state index < -0.39 is 0 Å². The van der Waals surface area contributed by atoms with Gasteiger partial charge >= 0.3 is 0 Å². The predicted octanol–water partition coefficient (Wildman–Crippen LogP) is 3.06. The number of halogens is 1. The summed E-state index contributed by atoms with van der Waals surface area (Å²) in [7, 11) is 3.55. The van der Waals surface area contributed by atoms with Crippen molar-refractivity contribution >= 4 is 46.7 Å². The van der Waals surface area contributed by atoms with Crippen LogP contribution in [-0.4, -0.2) is 55.5 Å². The molecule has 0 aliphatic carbocycles. The minimum Gasteiger partial charge on any atom is -0.361 e. The topological polar surface area (TPSA) is 72.5 Å². The van der Waals surface area contributed by atoms with Gasteiger partial charge < -0.3 is 20.5 Å². The zero-order valence-electron chi connectivity index (χ0n) is 17.0. The Balaban J connectivity index is 0.00000280. The normalized spacial score (nSPS) is 15.4. The van der Waals surface area contributed by atoms with Gasteiger partial charge in [-0.05, 0) is 43.2 Å². The second kappa shape index (κ2) is 10.7. The SMILES string of the molecule is CN=C(NCCc1c[nH]c2c(C)cccc12)N1CCC(CC(=O)NC)CC1.I. The largest absolute Gasteiger partial charge is 0.361 e. The molecule has 3 rings (SSSR count). The fraction of sp³-hybridized carbons (Fsp3) is 0.524. The fourth-order valence-corrected chi connectivity index (χ4v) is 3.93. The van der Waals surface area contributed by atoms with Crippen LogP contribution in [0.3, 0.4) is 0 Å². The van der Waals surface area contributed by atoms with E-state index in [-0.39, 0.29) is 29.9 Å². The van der Waals surface area contributed by atoms with Crippen LogP contribution in [0.25, 0.3) is 10.9 Å². The van der Waals surface area contributed by atoms with Gasteiger partial charge in [0.2, 0.25) is 5.91 Å². The Labute approximate surface area is 184 Å². The molecular formula is C21H32IN5O. The van der Waals surface area contributed by atoms with Crippen LogP contribution in [0.2, 0.25) is 0 Å². The molecule has 0 saturated carbocycles. The average molecular weight is 497 g/mol. The highest BCUT2D eigenvalue weighted by atomic mass is 127. The number of nitrogens with zero attached hydrogens (tertiary/aromatic N) is 2. The number of benzene rings is 1. The number of guanidine groups is 1. The van der Waals surface area contributed by atoms with Crippen molar-refractivity contribution in [3.8, 4) is 0 Å². The highest BCUT2D eigenvalue weighted by molar-refractivity contribution is 14.0. The van der Waals surface area contributed by atoms with E-state index in [1.165, 1.54) is 22.0 Å². The van der Waals surface area contributed by atoms with E-state index in [0.717, 1.165) is 44.9 Å². The lowest BCUT2D eigenvalue weighted by atomic mass is 9.93. The van der Waals surface area contributed by atoms with Crippen LogP contribution in [0.4, 0.5) is 0 Å². The molecule has 1 aromatic carbocycles. The average Bonchev–Trinajstić information content (AvgIpc) is 3.10. The number of H-pyrrole nitrogens is 1. The van der Waals surface area contributed by atoms with Gasteiger partial charge in [-0.3, -0.25) is 9.79 Å². The van der Waals surface area contributed by atoms with Crippen LogP contribution in [0.5, 0.6) is 0 Å². The molecule has 1 fully saturated rings. The van der Waals surface area contributed by atoms with Crippen LogP contribution in [-0.2, 0) is 11.2 Å². The summed E-state index contributed by atoms with van der Waals surface area (Å²) >= 11 is 0. The lowest BCUT2D eigenvalue weighted by Gasteiger charge is -2.34. The number of carbonyl (C=O) groups excluding carboxylic acids is 1. The maximum atomic E-state index is 11.6. The van der Waals surface area contributed by atoms with Crippen molar-refractivity contribution in [3.63, 3.8) is 0 Å². The highest BCUT2D eigenvalue weighted by Gasteiger charge is 2.23. The third kappa shape index (κ3) is 5.40. The van der Waals surface area contributed by atoms with E-state index in [1.807, 2.05) is 7.05 Å². The molecule has 1 aromatic heterocycles. The van der Waals surface area contributed by atoms with Gasteiger partial charge in [0, 0.05) is 57.3 Å². The molecule has 3 N–H and O–H groups in total. The van der Waals surface area contributed by atoms with Crippen molar-refractivity contribution in [2.45, 2.75) is 32.6 Å². The molecule has 2 aromatic rings. The van der Waals surface area contributed by atoms with E-state index in [9.17, 15) is 4.79 Å². The molecule has 1 saturated heterocycles. The monoisotopic (exact) mass is 497 g/mol. The number of piperidine rings is 1. The number of para-hydroxylation sites is 1. The minimum atomic E-state index is 0. The Hall–Kier alpha value is -1.77. The number of aliphatic imine (C=N–C) groups is 1. The third-order valence-electron chi connectivity index (χ3n) is 5.57. The zero-order chi connectivity index (χ0) is 19.2. The van der Waals surface area contributed by atoms with Gasteiger partial charge in [-0.15, -0.1) is 24.0 Å². The van der Waals surface area contributed by atoms with Gasteiger partial charge in [0.05, 0.1) is 0 Å². The molecule has 7 heteroatoms. The molecular weight excluding hydrogens is 465 g/mol. The van der Waals surface area contributed by atoms with E-state index >= 15 is 0 Å². The molecule has 0 spiro atoms. The number of rotatable bonds is 5. The Bertz CT molecular complexity index is 808. The van der Waals surface area contributed by atoms with Crippen LogP contribution in [0, 0.1) is 12.8 Å². The van der Waals surface area contributed by atoms with Crippen LogP contribution < -0.4 is 10.6 Å². The number of nitrogens with one attached hydrogen (secondary N) is 3. The van der Waals surface area contributed by atoms with E-state index in [1.54, 1.807) is 7.05 Å². The number of likely N-dealkylation sites (tertiary alicyclic amines) is 1. The van der Waals surface area contributed by atoms with Crippen molar-refractivity contribution < 1.29 is 4.79 Å². The van der Waals surface area contributed by atoms with Gasteiger partial charge in [0.15, 0.2) is 5.96 Å². The first-order valence-corrected chi connectivity index (χ1v) is 9.84. The third-order valence-corrected chi connectivity index (χ3v) is 5.57. The number of hydrogen-bond donors (Lipinski definition) is 3. The van der Waals surface area contributed by atoms with Crippen molar-refractivity contribution in [1.82, 2.24) is 20.5 Å². The molecule has 1 amide bonds. The molecule has 2 heterocycles. The smallest absolute Gasteiger partial charge is 0.220 e. The van der Waals surface area contributed by atoms with Gasteiger partial charge in [-0.25, -0.2) is 0 Å². The number of carbonyl (C=O) groups is 1. The van der Waals surface area contributed by atoms with Gasteiger partial charge in [-0.2, -0.15) is 0 Å². The molecule has 0 bridgehead atoms. The first kappa shape index (κ1) is 22.5. The predicted molar refractivity (Wildman–Crippen MR) is 126 cm³/mol. The van der Waals surface area contributed by atoms with Crippen LogP contribution in [0.1, 0.15) is 30.4 Å². The maximum absolute atomic E-state index is 11.6. The molecule has 1 aliphatic rings. The summed E-state index contributed by atoms with van der Waals surface area (Å²) < 4.78 is 0. The standard InChI is InChI=1S/C21H31N5O.HI/c1-15-5-4-6-18-17(14-25-20(15)18)7-10-24-21(23-3)26-11-8-16(9-12-26)13-19(27)22-2;/h4-6,14,16,25H,7-13H2,1-3H3,(H,22,27)(H,23,24);1H. The zero-order valence-corrected chi connectivity index (χ0v) is 19.4. The number of hydrogen-bond acceptors (Lipinski definition) is 2. The maximum Gasteiger partial charge on any atom is 0.220 e. The van der Waals surface area contributed by atoms with Crippen LogP contribution >= 0.6 is 24.0 Å². The van der Waals surface area contributed by atoms with Crippen molar-refractivity contribution in [2.75, 3.05) is 33.7 Å². The first-order chi connectivity index (χ1) is 13.1. The van der Waals surface area contributed by atoms with E-state index in [0.29, 0.717) is 12.3 Å². The first-order valence-electron chi connectivity index (χ1n) is 9.84. The molecule has 0 unspecified atom stereocenters. The quantitative estimate of drug-likeness (QED) is 0.338. The fourth-order valence-electron chi connectivity index (χ4n) is 3.93. The Morgan fingerprint density at radius 1 is 1.32 bits per heavy atom. The van der Waals surface area contributed by atoms with Crippen LogP contribution in [0.15, 0.2) is 29.4 Å². The summed E-state index contributed by atoms with van der Waals surface area (Å²) in [5, 5.41) is 7.54. The van der Waals surface area contributed by atoms with Gasteiger partial charge in [0.1, 0.15) is 0 Å². The van der Waals surface area contributed by atoms with Gasteiger partial charge in [-0.1, -0.05) is 18.2 Å². The second-order valence-electron chi connectivity index (χ2n) is 7.34. The number of aromatic nitrogens is 1. The van der Waals surface area contributed by atoms with Crippen molar-refractivity contribution in [3.05, 3.63) is 35.5 Å². The summed E-state index contributed by atoms with van der Waals surface area (Å²) in [5.41, 5.74) is 3.85. The molecule has 28 heavy (non-hydrogen) atoms. The summed E-state index contributed by atoms with van der Waals surface area (Å²) in [6, 6.07) is 6.43. The molecule has 0 atom stereocenters. The highest BCUT2D eigenvalue weighted by Crippen LogP contribution is 2.22. The number of amides is 1. The molecule has 154 valence electrons. The summed E-state index contributed by atoms with van der Waals surface area (Å²) in [4.78, 5) is 21.7. The number of aromatic amines is 1. The Morgan fingerprint density at radius 3 is 2.75 bits per heavy atom. The van der Waals surface area contributed by atoms with E-state index in [4.69, 9.17) is 0 Å². The lowest BCUT2D eigenvalue weighted by molar-refractivity contribution is -0.121. The minimum absolute atomic E-state index is 0. The second-order valence-corrected chi connectivity index (χ2v) is 7.34. The summed E-state index contributed by atoms with van der Waals surface area (Å²) in [6.07, 6.45) is 5.78. The molecule has 6 nitrogen and oxygen atoms in total. The molecule has 0 radical (unpaired) electrons. The lowest BCUT2D eigenvalue weighted by Crippen LogP contribution is -2.46. The Kier molecular flexibility index (Phi) is 8.59. The van der Waals surface area contributed by atoms with Gasteiger partial charge in [0.25, 0.3) is 0 Å². The number of aryl methyl sites for hydroxylation is 1. The van der Waals surface area contributed by atoms with Crippen molar-refractivity contribution in [2.24, 2.45) is 10.9 Å². The summed E-state index contributed by atoms with van der Waals surface area (Å²) in [6.45, 7) is 4.89. The van der Waals surface area contributed by atoms with E-state index in [2.05, 4.69) is 56.8 Å². The molecule has 1 aliphatic heterocycles. The summed E-state index contributed by atoms with van der Waals surface area (Å²) in [5.74, 6) is 1.59. The van der Waals surface area contributed by atoms with Crippen molar-refractivity contribution in [1.29, 1.82) is 0 Å². The number of fused-ring (bicyclic) bond motifs is 1. The Morgan fingerprint density at radius 2 is 2.07 bits per heavy atom.